The average Bonchev–Trinajstić information content (AvgIpc) is 3.10. The number of hydrogen-bond donors (Lipinski definition) is 1. The van der Waals surface area contributed by atoms with Crippen LogP contribution in [0.1, 0.15) is 17.4 Å². The van der Waals surface area contributed by atoms with Crippen LogP contribution in [-0.2, 0) is 4.74 Å². The van der Waals surface area contributed by atoms with Gasteiger partial charge in [0.25, 0.3) is 0 Å². The Labute approximate surface area is 170 Å². The third-order valence-electron chi connectivity index (χ3n) is 4.18. The second kappa shape index (κ2) is 7.81. The zero-order chi connectivity index (χ0) is 20.4. The molecular formula is C21H16ClN3O4. The second-order valence-electron chi connectivity index (χ2n) is 6.07. The molecule has 0 saturated carbocycles. The number of aromatic nitrogens is 3. The molecule has 0 aliphatic rings. The van der Waals surface area contributed by atoms with Crippen molar-refractivity contribution in [3.8, 4) is 17.2 Å². The minimum Gasteiger partial charge on any atom is -0.461 e. The van der Waals surface area contributed by atoms with Gasteiger partial charge in [0.1, 0.15) is 17.0 Å². The molecule has 146 valence electrons. The van der Waals surface area contributed by atoms with Crippen LogP contribution in [0, 0.1) is 0 Å². The summed E-state index contributed by atoms with van der Waals surface area (Å²) in [5, 5.41) is 4.60. The number of nitrogens with one attached hydrogen (secondary N) is 1. The van der Waals surface area contributed by atoms with E-state index in [2.05, 4.69) is 10.1 Å². The van der Waals surface area contributed by atoms with Crippen molar-refractivity contribution in [3.63, 3.8) is 0 Å². The summed E-state index contributed by atoms with van der Waals surface area (Å²) in [7, 11) is 0. The van der Waals surface area contributed by atoms with Crippen LogP contribution < -0.4 is 10.2 Å². The van der Waals surface area contributed by atoms with Crippen molar-refractivity contribution in [1.82, 2.24) is 14.8 Å². The zero-order valence-electron chi connectivity index (χ0n) is 15.4. The van der Waals surface area contributed by atoms with E-state index in [1.54, 1.807) is 25.1 Å². The monoisotopic (exact) mass is 409 g/mol. The van der Waals surface area contributed by atoms with E-state index in [9.17, 15) is 9.59 Å². The Kier molecular flexibility index (Phi) is 5.05. The lowest BCUT2D eigenvalue weighted by molar-refractivity contribution is 0.0518. The molecule has 2 aromatic carbocycles. The summed E-state index contributed by atoms with van der Waals surface area (Å²) in [6.07, 6.45) is 1.46. The number of benzene rings is 2. The van der Waals surface area contributed by atoms with Crippen LogP contribution in [0.15, 0.2) is 65.6 Å². The maximum atomic E-state index is 12.6. The minimum atomic E-state index is -0.613. The van der Waals surface area contributed by atoms with Gasteiger partial charge in [0.05, 0.1) is 17.3 Å². The number of nitrogens with zero attached hydrogens (tertiary/aromatic N) is 2. The molecule has 0 amide bonds. The number of para-hydroxylation sites is 1. The van der Waals surface area contributed by atoms with Gasteiger partial charge in [-0.3, -0.25) is 4.79 Å². The lowest BCUT2D eigenvalue weighted by Gasteiger charge is -2.11. The number of carbonyl (C=O) groups is 1. The first kappa shape index (κ1) is 18.8. The molecule has 0 spiro atoms. The Morgan fingerprint density at radius 2 is 1.93 bits per heavy atom. The quantitative estimate of drug-likeness (QED) is 0.495. The number of aromatic amines is 1. The van der Waals surface area contributed by atoms with Gasteiger partial charge in [-0.15, -0.1) is 0 Å². The molecule has 29 heavy (non-hydrogen) atoms. The van der Waals surface area contributed by atoms with E-state index in [0.717, 1.165) is 0 Å². The molecule has 0 aliphatic carbocycles. The third-order valence-corrected chi connectivity index (χ3v) is 4.48. The molecule has 4 aromatic rings. The summed E-state index contributed by atoms with van der Waals surface area (Å²) in [6, 6.07) is 15.6. The van der Waals surface area contributed by atoms with Gasteiger partial charge in [-0.1, -0.05) is 29.8 Å². The predicted molar refractivity (Wildman–Crippen MR) is 109 cm³/mol. The molecule has 0 radical (unpaired) electrons. The van der Waals surface area contributed by atoms with Crippen molar-refractivity contribution in [2.24, 2.45) is 0 Å². The van der Waals surface area contributed by atoms with Gasteiger partial charge in [0.15, 0.2) is 11.2 Å². The molecule has 1 N–H and O–H groups in total. The Morgan fingerprint density at radius 1 is 1.14 bits per heavy atom. The number of ether oxygens (including phenoxy) is 2. The lowest BCUT2D eigenvalue weighted by atomic mass is 10.2. The molecule has 0 unspecified atom stereocenters. The smallest absolute Gasteiger partial charge is 0.359 e. The van der Waals surface area contributed by atoms with E-state index < -0.39 is 5.97 Å². The molecule has 0 aliphatic heterocycles. The predicted octanol–water partition coefficient (Wildman–Crippen LogP) is 4.34. The summed E-state index contributed by atoms with van der Waals surface area (Å²) in [5.74, 6) is 0.576. The summed E-state index contributed by atoms with van der Waals surface area (Å²) in [5.41, 5.74) is 0.605. The Balaban J connectivity index is 1.82. The van der Waals surface area contributed by atoms with Crippen LogP contribution in [0.25, 0.3) is 16.7 Å². The standard InChI is InChI=1S/C21H16ClN3O4/c1-2-28-21(27)20-19-18(17(26)10-11-23-19)24-25(20)16-9-8-14(12-15(16)22)29-13-6-4-3-5-7-13/h3-12,23H,2H2,1H3. The minimum absolute atomic E-state index is 0.0955. The van der Waals surface area contributed by atoms with E-state index in [4.69, 9.17) is 21.1 Å². The third kappa shape index (κ3) is 3.60. The van der Waals surface area contributed by atoms with Gasteiger partial charge in [-0.05, 0) is 31.2 Å². The van der Waals surface area contributed by atoms with Crippen LogP contribution in [0.2, 0.25) is 5.02 Å². The molecule has 2 heterocycles. The van der Waals surface area contributed by atoms with Crippen molar-refractivity contribution in [2.75, 3.05) is 6.61 Å². The molecule has 0 atom stereocenters. The van der Waals surface area contributed by atoms with E-state index in [-0.39, 0.29) is 28.8 Å². The second-order valence-corrected chi connectivity index (χ2v) is 6.48. The Morgan fingerprint density at radius 3 is 2.66 bits per heavy atom. The first-order valence-corrected chi connectivity index (χ1v) is 9.26. The maximum absolute atomic E-state index is 12.6. The average molecular weight is 410 g/mol. The van der Waals surface area contributed by atoms with Crippen molar-refractivity contribution < 1.29 is 14.3 Å². The van der Waals surface area contributed by atoms with Gasteiger partial charge < -0.3 is 14.5 Å². The highest BCUT2D eigenvalue weighted by atomic mass is 35.5. The van der Waals surface area contributed by atoms with Crippen LogP contribution >= 0.6 is 11.6 Å². The first-order valence-electron chi connectivity index (χ1n) is 8.89. The van der Waals surface area contributed by atoms with Gasteiger partial charge >= 0.3 is 5.97 Å². The van der Waals surface area contributed by atoms with Crippen molar-refractivity contribution in [1.29, 1.82) is 0 Å². The van der Waals surface area contributed by atoms with E-state index in [0.29, 0.717) is 22.2 Å². The number of rotatable bonds is 5. The highest BCUT2D eigenvalue weighted by Crippen LogP contribution is 2.30. The lowest BCUT2D eigenvalue weighted by Crippen LogP contribution is -2.13. The summed E-state index contributed by atoms with van der Waals surface area (Å²) < 4.78 is 12.2. The fourth-order valence-corrected chi connectivity index (χ4v) is 3.17. The van der Waals surface area contributed by atoms with Crippen LogP contribution in [0.4, 0.5) is 0 Å². The summed E-state index contributed by atoms with van der Waals surface area (Å²) in [4.78, 5) is 27.7. The zero-order valence-corrected chi connectivity index (χ0v) is 16.1. The molecular weight excluding hydrogens is 394 g/mol. The van der Waals surface area contributed by atoms with E-state index in [1.165, 1.54) is 16.9 Å². The molecule has 8 heteroatoms. The van der Waals surface area contributed by atoms with E-state index in [1.807, 2.05) is 30.3 Å². The van der Waals surface area contributed by atoms with Crippen molar-refractivity contribution in [3.05, 3.63) is 81.7 Å². The van der Waals surface area contributed by atoms with Gasteiger partial charge in [0, 0.05) is 18.3 Å². The van der Waals surface area contributed by atoms with Crippen molar-refractivity contribution in [2.45, 2.75) is 6.92 Å². The summed E-state index contributed by atoms with van der Waals surface area (Å²) >= 11 is 6.47. The fourth-order valence-electron chi connectivity index (χ4n) is 2.92. The highest BCUT2D eigenvalue weighted by Gasteiger charge is 2.24. The summed E-state index contributed by atoms with van der Waals surface area (Å²) in [6.45, 7) is 1.88. The number of H-pyrrole nitrogens is 1. The number of fused-ring (bicyclic) bond motifs is 1. The van der Waals surface area contributed by atoms with Gasteiger partial charge in [-0.25, -0.2) is 9.48 Å². The van der Waals surface area contributed by atoms with Crippen LogP contribution in [0.5, 0.6) is 11.5 Å². The molecule has 2 aromatic heterocycles. The Hall–Kier alpha value is -3.58. The largest absolute Gasteiger partial charge is 0.461 e. The molecule has 0 fully saturated rings. The molecule has 0 bridgehead atoms. The highest BCUT2D eigenvalue weighted by molar-refractivity contribution is 6.32. The Bertz CT molecular complexity index is 1250. The first-order chi connectivity index (χ1) is 14.1. The maximum Gasteiger partial charge on any atom is 0.359 e. The van der Waals surface area contributed by atoms with Gasteiger partial charge in [0.2, 0.25) is 5.43 Å². The molecule has 7 nitrogen and oxygen atoms in total. The molecule has 0 saturated heterocycles. The normalized spacial score (nSPS) is 10.8. The number of carbonyl (C=O) groups excluding carboxylic acids is 1. The SMILES string of the molecule is CCOC(=O)c1c2[nH]ccc(=O)c2nn1-c1ccc(Oc2ccccc2)cc1Cl. The van der Waals surface area contributed by atoms with Crippen LogP contribution in [0.3, 0.4) is 0 Å². The number of hydrogen-bond acceptors (Lipinski definition) is 5. The molecule has 4 rings (SSSR count). The van der Waals surface area contributed by atoms with Gasteiger partial charge in [-0.2, -0.15) is 5.10 Å². The fraction of sp³-hybridized carbons (Fsp3) is 0.0952. The van der Waals surface area contributed by atoms with Crippen molar-refractivity contribution >= 4 is 28.6 Å². The van der Waals surface area contributed by atoms with Crippen LogP contribution in [-0.4, -0.2) is 27.3 Å². The number of pyridine rings is 1. The van der Waals surface area contributed by atoms with E-state index >= 15 is 0 Å². The topological polar surface area (TPSA) is 86.2 Å². The number of halogens is 1. The number of esters is 1.